The van der Waals surface area contributed by atoms with E-state index in [0.717, 1.165) is 19.3 Å². The Balaban J connectivity index is 2.77. The Morgan fingerprint density at radius 1 is 1.50 bits per heavy atom. The average Bonchev–Trinajstić information content (AvgIpc) is 1.93. The van der Waals surface area contributed by atoms with Crippen molar-refractivity contribution in [3.63, 3.8) is 0 Å². The van der Waals surface area contributed by atoms with Crippen molar-refractivity contribution in [1.82, 2.24) is 0 Å². The first-order valence-electron chi connectivity index (χ1n) is 4.73. The highest BCUT2D eigenvalue weighted by molar-refractivity contribution is 5.09. The average molecular weight is 168 g/mol. The first-order chi connectivity index (χ1) is 5.35. The number of hydrogen-bond donors (Lipinski definition) is 1. The summed E-state index contributed by atoms with van der Waals surface area (Å²) in [7, 11) is 0. The summed E-state index contributed by atoms with van der Waals surface area (Å²) < 4.78 is 0. The summed E-state index contributed by atoms with van der Waals surface area (Å²) in [5, 5.41) is 9.96. The molecule has 1 heteroatoms. The van der Waals surface area contributed by atoms with Crippen LogP contribution in [0.15, 0.2) is 11.6 Å². The summed E-state index contributed by atoms with van der Waals surface area (Å²) in [6.45, 7) is 8.18. The third kappa shape index (κ3) is 1.71. The van der Waals surface area contributed by atoms with E-state index in [9.17, 15) is 5.11 Å². The van der Waals surface area contributed by atoms with E-state index >= 15 is 0 Å². The molecule has 0 amide bonds. The van der Waals surface area contributed by atoms with Crippen molar-refractivity contribution in [3.05, 3.63) is 11.6 Å². The fourth-order valence-electron chi connectivity index (χ4n) is 1.63. The molecule has 1 nitrogen and oxygen atoms in total. The van der Waals surface area contributed by atoms with E-state index in [1.165, 1.54) is 5.57 Å². The highest BCUT2D eigenvalue weighted by Crippen LogP contribution is 2.43. The van der Waals surface area contributed by atoms with E-state index in [2.05, 4.69) is 19.9 Å². The van der Waals surface area contributed by atoms with E-state index in [1.54, 1.807) is 0 Å². The molecule has 1 unspecified atom stereocenters. The number of allylic oxidation sites excluding steroid dienone is 2. The molecule has 0 saturated carbocycles. The molecule has 0 saturated heterocycles. The highest BCUT2D eigenvalue weighted by atomic mass is 16.3. The second kappa shape index (κ2) is 2.88. The van der Waals surface area contributed by atoms with Gasteiger partial charge in [0.2, 0.25) is 0 Å². The molecule has 0 spiro atoms. The highest BCUT2D eigenvalue weighted by Gasteiger charge is 2.39. The molecule has 1 atom stereocenters. The molecule has 0 aromatic heterocycles. The summed E-state index contributed by atoms with van der Waals surface area (Å²) in [4.78, 5) is 0. The van der Waals surface area contributed by atoms with Gasteiger partial charge in [0.25, 0.3) is 0 Å². The van der Waals surface area contributed by atoms with E-state index in [4.69, 9.17) is 0 Å². The summed E-state index contributed by atoms with van der Waals surface area (Å²) in [5.41, 5.74) is 0.994. The Hall–Kier alpha value is -0.300. The van der Waals surface area contributed by atoms with Gasteiger partial charge in [-0.2, -0.15) is 0 Å². The molecule has 0 heterocycles. The van der Waals surface area contributed by atoms with Crippen molar-refractivity contribution < 1.29 is 5.11 Å². The summed E-state index contributed by atoms with van der Waals surface area (Å²) in [5.74, 6) is 0. The molecule has 12 heavy (non-hydrogen) atoms. The van der Waals surface area contributed by atoms with Crippen LogP contribution in [-0.2, 0) is 0 Å². The SMILES string of the molecule is CC1=CCC(C)(C(C)(C)O)CC1. The van der Waals surface area contributed by atoms with Crippen LogP contribution in [0.25, 0.3) is 0 Å². The zero-order chi connectivity index (χ0) is 9.41. The van der Waals surface area contributed by atoms with Gasteiger partial charge in [0, 0.05) is 0 Å². The van der Waals surface area contributed by atoms with Crippen LogP contribution < -0.4 is 0 Å². The predicted molar refractivity (Wildman–Crippen MR) is 52.0 cm³/mol. The van der Waals surface area contributed by atoms with Gasteiger partial charge in [-0.3, -0.25) is 0 Å². The van der Waals surface area contributed by atoms with E-state index in [0.29, 0.717) is 0 Å². The molecule has 0 radical (unpaired) electrons. The Labute approximate surface area is 75.5 Å². The van der Waals surface area contributed by atoms with Crippen molar-refractivity contribution in [1.29, 1.82) is 0 Å². The predicted octanol–water partition coefficient (Wildman–Crippen LogP) is 2.89. The van der Waals surface area contributed by atoms with Gasteiger partial charge in [-0.05, 0) is 45.4 Å². The van der Waals surface area contributed by atoms with E-state index < -0.39 is 5.60 Å². The number of aliphatic hydroxyl groups is 1. The zero-order valence-corrected chi connectivity index (χ0v) is 8.65. The van der Waals surface area contributed by atoms with Crippen molar-refractivity contribution in [2.75, 3.05) is 0 Å². The Bertz CT molecular complexity index is 198. The smallest absolute Gasteiger partial charge is 0.0648 e. The molecule has 1 rings (SSSR count). The maximum Gasteiger partial charge on any atom is 0.0648 e. The van der Waals surface area contributed by atoms with Crippen LogP contribution in [0.3, 0.4) is 0 Å². The fourth-order valence-corrected chi connectivity index (χ4v) is 1.63. The lowest BCUT2D eigenvalue weighted by Gasteiger charge is -2.42. The van der Waals surface area contributed by atoms with Crippen LogP contribution in [0.5, 0.6) is 0 Å². The summed E-state index contributed by atoms with van der Waals surface area (Å²) in [6.07, 6.45) is 5.53. The van der Waals surface area contributed by atoms with Gasteiger partial charge in [0.1, 0.15) is 0 Å². The van der Waals surface area contributed by atoms with Crippen molar-refractivity contribution in [2.24, 2.45) is 5.41 Å². The van der Waals surface area contributed by atoms with Gasteiger partial charge >= 0.3 is 0 Å². The molecular weight excluding hydrogens is 148 g/mol. The Kier molecular flexibility index (Phi) is 2.35. The first kappa shape index (κ1) is 9.79. The largest absolute Gasteiger partial charge is 0.390 e. The second-order valence-corrected chi connectivity index (χ2v) is 4.87. The maximum atomic E-state index is 9.96. The van der Waals surface area contributed by atoms with Crippen molar-refractivity contribution in [2.45, 2.75) is 52.6 Å². The molecule has 0 bridgehead atoms. The van der Waals surface area contributed by atoms with Gasteiger partial charge in [-0.25, -0.2) is 0 Å². The van der Waals surface area contributed by atoms with E-state index in [-0.39, 0.29) is 5.41 Å². The number of hydrogen-bond acceptors (Lipinski definition) is 1. The van der Waals surface area contributed by atoms with Crippen molar-refractivity contribution >= 4 is 0 Å². The van der Waals surface area contributed by atoms with Gasteiger partial charge in [-0.15, -0.1) is 0 Å². The summed E-state index contributed by atoms with van der Waals surface area (Å²) >= 11 is 0. The van der Waals surface area contributed by atoms with Gasteiger partial charge in [-0.1, -0.05) is 18.6 Å². The third-order valence-corrected chi connectivity index (χ3v) is 3.45. The van der Waals surface area contributed by atoms with Gasteiger partial charge < -0.3 is 5.11 Å². The summed E-state index contributed by atoms with van der Waals surface area (Å²) in [6, 6.07) is 0. The van der Waals surface area contributed by atoms with Crippen LogP contribution in [-0.4, -0.2) is 10.7 Å². The van der Waals surface area contributed by atoms with Crippen LogP contribution in [0, 0.1) is 5.41 Å². The Morgan fingerprint density at radius 2 is 2.08 bits per heavy atom. The first-order valence-corrected chi connectivity index (χ1v) is 4.73. The van der Waals surface area contributed by atoms with Crippen LogP contribution >= 0.6 is 0 Å². The molecule has 0 aliphatic heterocycles. The molecule has 1 N–H and O–H groups in total. The zero-order valence-electron chi connectivity index (χ0n) is 8.65. The van der Waals surface area contributed by atoms with E-state index in [1.807, 2.05) is 13.8 Å². The topological polar surface area (TPSA) is 20.2 Å². The lowest BCUT2D eigenvalue weighted by atomic mass is 9.67. The fraction of sp³-hybridized carbons (Fsp3) is 0.818. The lowest BCUT2D eigenvalue weighted by molar-refractivity contribution is -0.0510. The monoisotopic (exact) mass is 168 g/mol. The molecule has 0 fully saturated rings. The molecule has 1 aliphatic rings. The van der Waals surface area contributed by atoms with Crippen LogP contribution in [0.2, 0.25) is 0 Å². The van der Waals surface area contributed by atoms with Gasteiger partial charge in [0.05, 0.1) is 5.60 Å². The van der Waals surface area contributed by atoms with Crippen LogP contribution in [0.4, 0.5) is 0 Å². The quantitative estimate of drug-likeness (QED) is 0.597. The molecule has 70 valence electrons. The normalized spacial score (nSPS) is 31.6. The maximum absolute atomic E-state index is 9.96. The third-order valence-electron chi connectivity index (χ3n) is 3.45. The standard InChI is InChI=1S/C11H20O/c1-9-5-7-11(4,8-6-9)10(2,3)12/h5,12H,6-8H2,1-4H3. The minimum Gasteiger partial charge on any atom is -0.390 e. The number of rotatable bonds is 1. The minimum atomic E-state index is -0.551. The minimum absolute atomic E-state index is 0.0759. The van der Waals surface area contributed by atoms with Gasteiger partial charge in [0.15, 0.2) is 0 Å². The molecule has 0 aromatic rings. The molecular formula is C11H20O. The van der Waals surface area contributed by atoms with Crippen LogP contribution in [0.1, 0.15) is 47.0 Å². The molecule has 1 aliphatic carbocycles. The molecule has 0 aromatic carbocycles. The van der Waals surface area contributed by atoms with Crippen molar-refractivity contribution in [3.8, 4) is 0 Å². The second-order valence-electron chi connectivity index (χ2n) is 4.87. The lowest BCUT2D eigenvalue weighted by Crippen LogP contribution is -2.42. The Morgan fingerprint density at radius 3 is 2.42 bits per heavy atom.